The Morgan fingerprint density at radius 1 is 1.47 bits per heavy atom. The Kier molecular flexibility index (Phi) is 3.81. The molecule has 98 valence electrons. The molecule has 2 rings (SSSR count). The average Bonchev–Trinajstić information content (AvgIpc) is 2.77. The van der Waals surface area contributed by atoms with Crippen LogP contribution in [0.25, 0.3) is 0 Å². The highest BCUT2D eigenvalue weighted by Crippen LogP contribution is 2.17. The summed E-state index contributed by atoms with van der Waals surface area (Å²) in [6, 6.07) is 6.31. The predicted molar refractivity (Wildman–Crippen MR) is 71.0 cm³/mol. The minimum Gasteiger partial charge on any atom is -0.378 e. The van der Waals surface area contributed by atoms with Gasteiger partial charge in [0.05, 0.1) is 23.0 Å². The minimum atomic E-state index is -0.416. The van der Waals surface area contributed by atoms with E-state index in [9.17, 15) is 4.39 Å². The second-order valence-electron chi connectivity index (χ2n) is 4.29. The van der Waals surface area contributed by atoms with Crippen LogP contribution in [0.15, 0.2) is 24.4 Å². The zero-order valence-corrected chi connectivity index (χ0v) is 10.9. The topological polar surface area (TPSA) is 53.6 Å². The Labute approximate surface area is 111 Å². The van der Waals surface area contributed by atoms with Gasteiger partial charge in [0.25, 0.3) is 0 Å². The summed E-state index contributed by atoms with van der Waals surface area (Å²) in [6.45, 7) is 2.55. The Bertz CT molecular complexity index is 625. The van der Waals surface area contributed by atoms with E-state index in [1.165, 1.54) is 6.07 Å². The summed E-state index contributed by atoms with van der Waals surface area (Å²) < 4.78 is 15.4. The number of benzene rings is 1. The van der Waals surface area contributed by atoms with Crippen LogP contribution in [0, 0.1) is 17.1 Å². The fourth-order valence-corrected chi connectivity index (χ4v) is 1.95. The Balaban J connectivity index is 2.12. The fourth-order valence-electron chi connectivity index (χ4n) is 1.95. The summed E-state index contributed by atoms with van der Waals surface area (Å²) in [5, 5.41) is 16.0. The fraction of sp³-hybridized carbons (Fsp3) is 0.286. The standard InChI is InChI=1S/C14H15FN4/c1-3-13-11(9-19(2)18-13)8-17-14-5-4-10(7-16)6-12(14)15/h4-6,9,17H,3,8H2,1-2H3. The largest absolute Gasteiger partial charge is 0.378 e. The van der Waals surface area contributed by atoms with Gasteiger partial charge < -0.3 is 5.32 Å². The maximum Gasteiger partial charge on any atom is 0.147 e. The van der Waals surface area contributed by atoms with E-state index in [-0.39, 0.29) is 0 Å². The Morgan fingerprint density at radius 3 is 2.89 bits per heavy atom. The average molecular weight is 258 g/mol. The lowest BCUT2D eigenvalue weighted by atomic mass is 10.2. The molecule has 0 aliphatic rings. The second kappa shape index (κ2) is 5.53. The highest BCUT2D eigenvalue weighted by atomic mass is 19.1. The van der Waals surface area contributed by atoms with Crippen molar-refractivity contribution in [1.29, 1.82) is 5.26 Å². The van der Waals surface area contributed by atoms with Gasteiger partial charge in [-0.2, -0.15) is 10.4 Å². The van der Waals surface area contributed by atoms with Crippen molar-refractivity contribution in [2.75, 3.05) is 5.32 Å². The summed E-state index contributed by atoms with van der Waals surface area (Å²) in [5.41, 5.74) is 2.77. The first kappa shape index (κ1) is 13.1. The number of nitrogens with one attached hydrogen (secondary N) is 1. The summed E-state index contributed by atoms with van der Waals surface area (Å²) in [6.07, 6.45) is 2.76. The van der Waals surface area contributed by atoms with Crippen LogP contribution < -0.4 is 5.32 Å². The third-order valence-electron chi connectivity index (χ3n) is 2.89. The van der Waals surface area contributed by atoms with Gasteiger partial charge in [-0.15, -0.1) is 0 Å². The Hall–Kier alpha value is -2.35. The quantitative estimate of drug-likeness (QED) is 0.917. The first-order valence-electron chi connectivity index (χ1n) is 6.09. The molecule has 1 aromatic carbocycles. The van der Waals surface area contributed by atoms with Gasteiger partial charge in [0, 0.05) is 25.4 Å². The van der Waals surface area contributed by atoms with Crippen LogP contribution in [0.5, 0.6) is 0 Å². The molecule has 0 bridgehead atoms. The molecule has 0 amide bonds. The SMILES string of the molecule is CCc1nn(C)cc1CNc1ccc(C#N)cc1F. The maximum atomic E-state index is 13.7. The van der Waals surface area contributed by atoms with Gasteiger partial charge in [-0.1, -0.05) is 6.92 Å². The zero-order valence-electron chi connectivity index (χ0n) is 10.9. The molecular weight excluding hydrogens is 243 g/mol. The van der Waals surface area contributed by atoms with Crippen LogP contribution in [0.3, 0.4) is 0 Å². The molecular formula is C14H15FN4. The monoisotopic (exact) mass is 258 g/mol. The van der Waals surface area contributed by atoms with Crippen LogP contribution in [-0.2, 0) is 20.0 Å². The van der Waals surface area contributed by atoms with Crippen LogP contribution >= 0.6 is 0 Å². The van der Waals surface area contributed by atoms with Gasteiger partial charge in [0.1, 0.15) is 5.82 Å². The van der Waals surface area contributed by atoms with Gasteiger partial charge in [-0.3, -0.25) is 4.68 Å². The molecule has 0 atom stereocenters. The normalized spacial score (nSPS) is 10.2. The summed E-state index contributed by atoms with van der Waals surface area (Å²) in [7, 11) is 1.87. The van der Waals surface area contributed by atoms with E-state index in [0.29, 0.717) is 17.8 Å². The van der Waals surface area contributed by atoms with Crippen LogP contribution in [0.1, 0.15) is 23.7 Å². The first-order chi connectivity index (χ1) is 9.13. The molecule has 0 fully saturated rings. The van der Waals surface area contributed by atoms with Crippen molar-refractivity contribution >= 4 is 5.69 Å². The molecule has 2 aromatic rings. The van der Waals surface area contributed by atoms with Gasteiger partial charge >= 0.3 is 0 Å². The van der Waals surface area contributed by atoms with Gasteiger partial charge in [-0.25, -0.2) is 4.39 Å². The molecule has 0 radical (unpaired) electrons. The smallest absolute Gasteiger partial charge is 0.147 e. The van der Waals surface area contributed by atoms with E-state index >= 15 is 0 Å². The third-order valence-corrected chi connectivity index (χ3v) is 2.89. The molecule has 0 aliphatic carbocycles. The van der Waals surface area contributed by atoms with Crippen LogP contribution in [0.2, 0.25) is 0 Å². The number of aromatic nitrogens is 2. The van der Waals surface area contributed by atoms with Gasteiger partial charge in [0.2, 0.25) is 0 Å². The summed E-state index contributed by atoms with van der Waals surface area (Å²) in [4.78, 5) is 0. The molecule has 0 saturated carbocycles. The molecule has 1 aromatic heterocycles. The van der Waals surface area contributed by atoms with Crippen LogP contribution in [0.4, 0.5) is 10.1 Å². The predicted octanol–water partition coefficient (Wildman–Crippen LogP) is 2.61. The number of anilines is 1. The molecule has 5 heteroatoms. The number of hydrogen-bond donors (Lipinski definition) is 1. The zero-order chi connectivity index (χ0) is 13.8. The number of nitriles is 1. The lowest BCUT2D eigenvalue weighted by Crippen LogP contribution is -2.03. The molecule has 0 aliphatic heterocycles. The number of nitrogens with zero attached hydrogens (tertiary/aromatic N) is 3. The highest BCUT2D eigenvalue weighted by molar-refractivity contribution is 5.49. The van der Waals surface area contributed by atoms with Crippen molar-refractivity contribution in [3.63, 3.8) is 0 Å². The van der Waals surface area contributed by atoms with Crippen molar-refractivity contribution in [3.8, 4) is 6.07 Å². The van der Waals surface area contributed by atoms with Crippen molar-refractivity contribution < 1.29 is 4.39 Å². The number of rotatable bonds is 4. The summed E-state index contributed by atoms with van der Waals surface area (Å²) >= 11 is 0. The van der Waals surface area contributed by atoms with Crippen molar-refractivity contribution in [2.24, 2.45) is 7.05 Å². The van der Waals surface area contributed by atoms with E-state index < -0.39 is 5.82 Å². The highest BCUT2D eigenvalue weighted by Gasteiger charge is 2.07. The minimum absolute atomic E-state index is 0.318. The molecule has 0 spiro atoms. The molecule has 19 heavy (non-hydrogen) atoms. The van der Waals surface area contributed by atoms with Gasteiger partial charge in [-0.05, 0) is 24.6 Å². The molecule has 4 nitrogen and oxygen atoms in total. The lowest BCUT2D eigenvalue weighted by Gasteiger charge is -2.07. The van der Waals surface area contributed by atoms with E-state index in [0.717, 1.165) is 17.7 Å². The molecule has 1 heterocycles. The van der Waals surface area contributed by atoms with Crippen molar-refractivity contribution in [2.45, 2.75) is 19.9 Å². The van der Waals surface area contributed by atoms with E-state index in [2.05, 4.69) is 10.4 Å². The molecule has 1 N–H and O–H groups in total. The van der Waals surface area contributed by atoms with E-state index in [1.54, 1.807) is 16.8 Å². The number of hydrogen-bond acceptors (Lipinski definition) is 3. The van der Waals surface area contributed by atoms with E-state index in [1.807, 2.05) is 26.2 Å². The van der Waals surface area contributed by atoms with Gasteiger partial charge in [0.15, 0.2) is 0 Å². The van der Waals surface area contributed by atoms with Crippen molar-refractivity contribution in [1.82, 2.24) is 9.78 Å². The Morgan fingerprint density at radius 2 is 2.26 bits per heavy atom. The molecule has 0 saturated heterocycles. The third kappa shape index (κ3) is 2.91. The van der Waals surface area contributed by atoms with Crippen molar-refractivity contribution in [3.05, 3.63) is 47.0 Å². The lowest BCUT2D eigenvalue weighted by molar-refractivity contribution is 0.629. The number of halogens is 1. The first-order valence-corrected chi connectivity index (χ1v) is 6.09. The molecule has 0 unspecified atom stereocenters. The van der Waals surface area contributed by atoms with Crippen LogP contribution in [-0.4, -0.2) is 9.78 Å². The summed E-state index contributed by atoms with van der Waals surface area (Å²) in [5.74, 6) is -0.416. The maximum absolute atomic E-state index is 13.7. The van der Waals surface area contributed by atoms with E-state index in [4.69, 9.17) is 5.26 Å². The second-order valence-corrected chi connectivity index (χ2v) is 4.29. The number of aryl methyl sites for hydroxylation is 2.